The molecule has 0 spiro atoms. The molecule has 0 saturated heterocycles. The van der Waals surface area contributed by atoms with E-state index in [1.165, 1.54) is 0 Å². The van der Waals surface area contributed by atoms with E-state index in [9.17, 15) is 0 Å². The third kappa shape index (κ3) is 4.30. The molecule has 2 aromatic heterocycles. The molecule has 7 heteroatoms. The summed E-state index contributed by atoms with van der Waals surface area (Å²) in [6, 6.07) is 10.0. The predicted molar refractivity (Wildman–Crippen MR) is 101 cm³/mol. The van der Waals surface area contributed by atoms with Gasteiger partial charge in [-0.05, 0) is 38.5 Å². The first-order chi connectivity index (χ1) is 12.7. The molecule has 0 bridgehead atoms. The number of nitrogens with zero attached hydrogens (tertiary/aromatic N) is 4. The average Bonchev–Trinajstić information content (AvgIpc) is 3.28. The van der Waals surface area contributed by atoms with Crippen molar-refractivity contribution in [2.75, 3.05) is 6.54 Å². The molecule has 0 aliphatic carbocycles. The van der Waals surface area contributed by atoms with E-state index in [2.05, 4.69) is 31.8 Å². The zero-order valence-electron chi connectivity index (χ0n) is 15.4. The normalized spacial score (nSPS) is 11.6. The molecule has 0 aliphatic rings. The van der Waals surface area contributed by atoms with Crippen LogP contribution in [0.2, 0.25) is 0 Å². The van der Waals surface area contributed by atoms with Crippen molar-refractivity contribution >= 4 is 5.96 Å². The van der Waals surface area contributed by atoms with E-state index in [0.29, 0.717) is 19.0 Å². The van der Waals surface area contributed by atoms with Gasteiger partial charge >= 0.3 is 0 Å². The Kier molecular flexibility index (Phi) is 5.68. The molecule has 0 atom stereocenters. The predicted octanol–water partition coefficient (Wildman–Crippen LogP) is 2.73. The van der Waals surface area contributed by atoms with Gasteiger partial charge in [0.05, 0.1) is 24.5 Å². The first-order valence-corrected chi connectivity index (χ1v) is 8.70. The summed E-state index contributed by atoms with van der Waals surface area (Å²) in [6.45, 7) is 7.69. The van der Waals surface area contributed by atoms with Crippen molar-refractivity contribution in [3.8, 4) is 5.69 Å². The number of benzene rings is 1. The number of aromatic nitrogens is 3. The lowest BCUT2D eigenvalue weighted by Gasteiger charge is -2.11. The van der Waals surface area contributed by atoms with Crippen molar-refractivity contribution in [3.05, 3.63) is 65.6 Å². The molecule has 2 heterocycles. The number of hydrogen-bond acceptors (Lipinski definition) is 4. The van der Waals surface area contributed by atoms with Crippen molar-refractivity contribution < 1.29 is 4.42 Å². The second-order valence-corrected chi connectivity index (χ2v) is 5.88. The van der Waals surface area contributed by atoms with Crippen molar-refractivity contribution in [2.45, 2.75) is 33.9 Å². The van der Waals surface area contributed by atoms with Crippen LogP contribution >= 0.6 is 0 Å². The van der Waals surface area contributed by atoms with Crippen molar-refractivity contribution in [1.82, 2.24) is 25.4 Å². The maximum atomic E-state index is 5.61. The zero-order valence-corrected chi connectivity index (χ0v) is 15.4. The number of oxazole rings is 1. The average molecular weight is 352 g/mol. The van der Waals surface area contributed by atoms with E-state index in [0.717, 1.165) is 35.2 Å². The molecular weight excluding hydrogens is 328 g/mol. The van der Waals surface area contributed by atoms with E-state index in [4.69, 9.17) is 4.42 Å². The first kappa shape index (κ1) is 17.7. The quantitative estimate of drug-likeness (QED) is 0.527. The van der Waals surface area contributed by atoms with Gasteiger partial charge in [0.25, 0.3) is 0 Å². The van der Waals surface area contributed by atoms with Gasteiger partial charge in [-0.15, -0.1) is 0 Å². The summed E-state index contributed by atoms with van der Waals surface area (Å²) >= 11 is 0. The minimum atomic E-state index is 0.487. The SMILES string of the molecule is CCNC(=NCc1ccccc1-n1cccn1)NCc1nc(C)c(C)o1. The fourth-order valence-electron chi connectivity index (χ4n) is 2.56. The molecule has 0 aliphatic heterocycles. The smallest absolute Gasteiger partial charge is 0.214 e. The van der Waals surface area contributed by atoms with E-state index in [1.807, 2.05) is 55.9 Å². The van der Waals surface area contributed by atoms with Gasteiger partial charge in [0, 0.05) is 18.9 Å². The first-order valence-electron chi connectivity index (χ1n) is 8.70. The molecular formula is C19H24N6O. The van der Waals surface area contributed by atoms with E-state index >= 15 is 0 Å². The standard InChI is InChI=1S/C19H24N6O/c1-4-20-19(22-13-18-24-14(2)15(3)26-18)21-12-16-8-5-6-9-17(16)25-11-7-10-23-25/h5-11H,4,12-13H2,1-3H3,(H2,20,21,22). The third-order valence-electron chi connectivity index (χ3n) is 3.97. The lowest BCUT2D eigenvalue weighted by molar-refractivity contribution is 0.463. The number of aliphatic imine (C=N–C) groups is 1. The Morgan fingerprint density at radius 1 is 1.19 bits per heavy atom. The summed E-state index contributed by atoms with van der Waals surface area (Å²) in [5.74, 6) is 2.22. The Labute approximate surface area is 153 Å². The summed E-state index contributed by atoms with van der Waals surface area (Å²) < 4.78 is 7.46. The maximum absolute atomic E-state index is 5.61. The van der Waals surface area contributed by atoms with Gasteiger partial charge in [-0.2, -0.15) is 5.10 Å². The van der Waals surface area contributed by atoms with E-state index < -0.39 is 0 Å². The highest BCUT2D eigenvalue weighted by Crippen LogP contribution is 2.14. The third-order valence-corrected chi connectivity index (χ3v) is 3.97. The fourth-order valence-corrected chi connectivity index (χ4v) is 2.56. The van der Waals surface area contributed by atoms with E-state index in [-0.39, 0.29) is 0 Å². The van der Waals surface area contributed by atoms with Gasteiger partial charge in [-0.3, -0.25) is 0 Å². The van der Waals surface area contributed by atoms with Gasteiger partial charge in [-0.1, -0.05) is 18.2 Å². The maximum Gasteiger partial charge on any atom is 0.214 e. The Hall–Kier alpha value is -3.09. The highest BCUT2D eigenvalue weighted by Gasteiger charge is 2.07. The molecule has 3 rings (SSSR count). The van der Waals surface area contributed by atoms with Crippen LogP contribution in [0.5, 0.6) is 0 Å². The second kappa shape index (κ2) is 8.33. The fraction of sp³-hybridized carbons (Fsp3) is 0.316. The summed E-state index contributed by atoms with van der Waals surface area (Å²) in [5.41, 5.74) is 3.03. The lowest BCUT2D eigenvalue weighted by atomic mass is 10.2. The van der Waals surface area contributed by atoms with Crippen LogP contribution in [0.3, 0.4) is 0 Å². The largest absolute Gasteiger partial charge is 0.444 e. The summed E-state index contributed by atoms with van der Waals surface area (Å²) in [5, 5.41) is 10.8. The summed E-state index contributed by atoms with van der Waals surface area (Å²) in [4.78, 5) is 9.07. The van der Waals surface area contributed by atoms with Crippen LogP contribution in [0.25, 0.3) is 5.69 Å². The second-order valence-electron chi connectivity index (χ2n) is 5.88. The van der Waals surface area contributed by atoms with Gasteiger partial charge in [0.1, 0.15) is 5.76 Å². The Morgan fingerprint density at radius 3 is 2.73 bits per heavy atom. The van der Waals surface area contributed by atoms with Crippen LogP contribution < -0.4 is 10.6 Å². The van der Waals surface area contributed by atoms with Crippen molar-refractivity contribution in [2.24, 2.45) is 4.99 Å². The summed E-state index contributed by atoms with van der Waals surface area (Å²) in [6.07, 6.45) is 3.70. The molecule has 0 amide bonds. The summed E-state index contributed by atoms with van der Waals surface area (Å²) in [7, 11) is 0. The molecule has 0 unspecified atom stereocenters. The van der Waals surface area contributed by atoms with Crippen LogP contribution in [0, 0.1) is 13.8 Å². The van der Waals surface area contributed by atoms with Crippen molar-refractivity contribution in [1.29, 1.82) is 0 Å². The van der Waals surface area contributed by atoms with Crippen LogP contribution in [0.4, 0.5) is 0 Å². The number of rotatable bonds is 6. The highest BCUT2D eigenvalue weighted by molar-refractivity contribution is 5.79. The van der Waals surface area contributed by atoms with E-state index in [1.54, 1.807) is 6.20 Å². The minimum absolute atomic E-state index is 0.487. The van der Waals surface area contributed by atoms with Crippen LogP contribution in [0.1, 0.15) is 29.8 Å². The minimum Gasteiger partial charge on any atom is -0.444 e. The van der Waals surface area contributed by atoms with Gasteiger partial charge in [0.15, 0.2) is 5.96 Å². The van der Waals surface area contributed by atoms with Crippen molar-refractivity contribution in [3.63, 3.8) is 0 Å². The number of aryl methyl sites for hydroxylation is 2. The molecule has 136 valence electrons. The molecule has 0 fully saturated rings. The number of hydrogen-bond donors (Lipinski definition) is 2. The van der Waals surface area contributed by atoms with Crippen LogP contribution in [-0.2, 0) is 13.1 Å². The Morgan fingerprint density at radius 2 is 2.04 bits per heavy atom. The molecule has 0 saturated carbocycles. The molecule has 7 nitrogen and oxygen atoms in total. The Bertz CT molecular complexity index is 847. The van der Waals surface area contributed by atoms with Gasteiger partial charge in [-0.25, -0.2) is 14.7 Å². The lowest BCUT2D eigenvalue weighted by Crippen LogP contribution is -2.36. The monoisotopic (exact) mass is 352 g/mol. The molecule has 3 aromatic rings. The molecule has 26 heavy (non-hydrogen) atoms. The molecule has 2 N–H and O–H groups in total. The highest BCUT2D eigenvalue weighted by atomic mass is 16.4. The topological polar surface area (TPSA) is 80.3 Å². The van der Waals surface area contributed by atoms with Crippen LogP contribution in [0.15, 0.2) is 52.1 Å². The van der Waals surface area contributed by atoms with Crippen LogP contribution in [-0.4, -0.2) is 27.3 Å². The molecule has 1 aromatic carbocycles. The molecule has 0 radical (unpaired) electrons. The number of guanidine groups is 1. The number of para-hydroxylation sites is 1. The Balaban J connectivity index is 1.71. The van der Waals surface area contributed by atoms with Gasteiger partial charge < -0.3 is 15.1 Å². The number of nitrogens with one attached hydrogen (secondary N) is 2. The van der Waals surface area contributed by atoms with Gasteiger partial charge in [0.2, 0.25) is 5.89 Å². The zero-order chi connectivity index (χ0) is 18.4.